The molecule has 5 heterocycles. The number of aromatic nitrogens is 5. The van der Waals surface area contributed by atoms with Gasteiger partial charge in [-0.25, -0.2) is 19.3 Å². The van der Waals surface area contributed by atoms with E-state index in [1.165, 1.54) is 0 Å². The van der Waals surface area contributed by atoms with Crippen LogP contribution < -0.4 is 26.4 Å². The molecule has 2 atom stereocenters. The van der Waals surface area contributed by atoms with Crippen LogP contribution in [0.5, 0.6) is 0 Å². The minimum atomic E-state index is -0.987. The number of benzene rings is 1. The van der Waals surface area contributed by atoms with Crippen LogP contribution in [0.1, 0.15) is 69.5 Å². The molecule has 0 spiro atoms. The summed E-state index contributed by atoms with van der Waals surface area (Å²) >= 11 is 0. The number of hydrogen-bond acceptors (Lipinski definition) is 11. The molecule has 4 aliphatic rings. The van der Waals surface area contributed by atoms with Crippen LogP contribution >= 0.6 is 0 Å². The number of anilines is 3. The van der Waals surface area contributed by atoms with Gasteiger partial charge in [-0.2, -0.15) is 4.98 Å². The maximum Gasteiger partial charge on any atom is 0.278 e. The number of fused-ring (bicyclic) bond motifs is 2. The van der Waals surface area contributed by atoms with E-state index in [-0.39, 0.29) is 30.0 Å². The maximum absolute atomic E-state index is 13.5. The van der Waals surface area contributed by atoms with E-state index >= 15 is 0 Å². The number of aryl methyl sites for hydroxylation is 1. The first-order valence-corrected chi connectivity index (χ1v) is 19.0. The predicted octanol–water partition coefficient (Wildman–Crippen LogP) is 3.28. The number of aliphatic hydroxyl groups is 1. The highest BCUT2D eigenvalue weighted by atomic mass is 16.3. The molecule has 0 bridgehead atoms. The van der Waals surface area contributed by atoms with Gasteiger partial charge in [0, 0.05) is 62.3 Å². The molecule has 14 nitrogen and oxygen atoms in total. The number of carbonyl (C=O) groups excluding carboxylic acids is 2. The number of hydrogen-bond donors (Lipinski definition) is 4. The predicted molar refractivity (Wildman–Crippen MR) is 202 cm³/mol. The van der Waals surface area contributed by atoms with Crippen molar-refractivity contribution in [3.8, 4) is 5.82 Å². The van der Waals surface area contributed by atoms with Gasteiger partial charge in [-0.1, -0.05) is 19.1 Å². The van der Waals surface area contributed by atoms with E-state index in [1.807, 2.05) is 31.2 Å². The van der Waals surface area contributed by atoms with Gasteiger partial charge in [-0.15, -0.1) is 6.58 Å². The Morgan fingerprint density at radius 1 is 0.981 bits per heavy atom. The number of rotatable bonds is 10. The first kappa shape index (κ1) is 35.1. The maximum atomic E-state index is 13.5. The Balaban J connectivity index is 0.906. The molecule has 1 aromatic carbocycles. The zero-order chi connectivity index (χ0) is 36.7. The second kappa shape index (κ2) is 14.5. The van der Waals surface area contributed by atoms with Gasteiger partial charge >= 0.3 is 0 Å². The number of piperazine rings is 1. The van der Waals surface area contributed by atoms with Crippen LogP contribution in [0.25, 0.3) is 16.9 Å². The molecule has 2 saturated heterocycles. The van der Waals surface area contributed by atoms with Gasteiger partial charge in [0.1, 0.15) is 11.0 Å². The molecule has 3 fully saturated rings. The fraction of sp³-hybridized carbons (Fsp3) is 0.487. The molecule has 1 saturated carbocycles. The van der Waals surface area contributed by atoms with E-state index in [9.17, 15) is 19.5 Å². The van der Waals surface area contributed by atoms with Crippen molar-refractivity contribution in [3.05, 3.63) is 76.9 Å². The van der Waals surface area contributed by atoms with Crippen molar-refractivity contribution in [1.82, 2.24) is 39.8 Å². The smallest absolute Gasteiger partial charge is 0.278 e. The molecule has 3 aromatic heterocycles. The molecule has 278 valence electrons. The summed E-state index contributed by atoms with van der Waals surface area (Å²) in [5, 5.41) is 20.9. The summed E-state index contributed by atoms with van der Waals surface area (Å²) in [6.45, 7) is 9.99. The van der Waals surface area contributed by atoms with E-state index in [2.05, 4.69) is 49.4 Å². The summed E-state index contributed by atoms with van der Waals surface area (Å²) in [6, 6.07) is 12.8. The molecular weight excluding hydrogens is 672 g/mol. The van der Waals surface area contributed by atoms with Gasteiger partial charge in [0.15, 0.2) is 11.5 Å². The molecule has 4 N–H and O–H groups in total. The number of allylic oxidation sites excluding steroid dienone is 1. The largest absolute Gasteiger partial charge is 0.384 e. The number of carbonyl (C=O) groups is 2. The van der Waals surface area contributed by atoms with Crippen LogP contribution in [0.15, 0.2) is 60.0 Å². The Hall–Kier alpha value is -4.92. The monoisotopic (exact) mass is 720 g/mol. The normalized spacial score (nSPS) is 25.0. The zero-order valence-corrected chi connectivity index (χ0v) is 30.3. The quantitative estimate of drug-likeness (QED) is 0.141. The SMILES string of the molecule is C=CCn1c(=O)c2cnc(Nc3ccc(N4CCN(C5CCC(NC6CCC(=O)NC6=O)CC5)CC4)cc3)nc2n1-c1ccc2c(n1)[C@@](O)(CC)CC2. The van der Waals surface area contributed by atoms with Crippen LogP contribution in [-0.4, -0.2) is 90.4 Å². The van der Waals surface area contributed by atoms with Crippen molar-refractivity contribution in [2.24, 2.45) is 0 Å². The third-order valence-corrected chi connectivity index (χ3v) is 11.7. The van der Waals surface area contributed by atoms with Crippen molar-refractivity contribution in [1.29, 1.82) is 0 Å². The molecule has 53 heavy (non-hydrogen) atoms. The van der Waals surface area contributed by atoms with Gasteiger partial charge in [0.2, 0.25) is 17.8 Å². The standard InChI is InChI=1S/C39H48N10O4/c1-3-19-48-37(52)30-24-40-38(45-35(30)49(48)32-15-5-25-17-18-39(53,4-2)34(25)43-32)42-27-8-12-29(13-9-27)47-22-20-46(21-23-47)28-10-6-26(7-11-28)41-31-14-16-33(50)44-36(31)51/h3,5,8-9,12-13,15,24,26,28,31,41,53H,1,4,6-7,10-11,14,16-23H2,2H3,(H,40,42,45)(H,44,50,51)/t26?,28?,31?,39-/m1/s1. The molecule has 2 amide bonds. The number of pyridine rings is 1. The zero-order valence-electron chi connectivity index (χ0n) is 30.3. The highest BCUT2D eigenvalue weighted by Crippen LogP contribution is 2.38. The van der Waals surface area contributed by atoms with Gasteiger partial charge in [-0.3, -0.25) is 24.6 Å². The van der Waals surface area contributed by atoms with E-state index < -0.39 is 5.60 Å². The van der Waals surface area contributed by atoms with E-state index in [0.717, 1.165) is 75.2 Å². The summed E-state index contributed by atoms with van der Waals surface area (Å²) < 4.78 is 3.25. The second-order valence-electron chi connectivity index (χ2n) is 14.9. The molecule has 2 aliphatic carbocycles. The first-order valence-electron chi connectivity index (χ1n) is 19.0. The first-order chi connectivity index (χ1) is 25.7. The minimum Gasteiger partial charge on any atom is -0.384 e. The summed E-state index contributed by atoms with van der Waals surface area (Å²) in [5.41, 5.74) is 2.88. The van der Waals surface area contributed by atoms with E-state index in [0.29, 0.717) is 66.3 Å². The van der Waals surface area contributed by atoms with Gasteiger partial charge in [-0.05, 0) is 87.3 Å². The molecular formula is C39H48N10O4. The minimum absolute atomic E-state index is 0.172. The van der Waals surface area contributed by atoms with Crippen molar-refractivity contribution in [2.75, 3.05) is 36.4 Å². The second-order valence-corrected chi connectivity index (χ2v) is 14.9. The number of amides is 2. The van der Waals surface area contributed by atoms with Crippen molar-refractivity contribution < 1.29 is 14.7 Å². The lowest BCUT2D eigenvalue weighted by Gasteiger charge is -2.43. The highest BCUT2D eigenvalue weighted by Gasteiger charge is 2.37. The topological polar surface area (TPSA) is 163 Å². The number of piperidine rings is 1. The number of nitrogens with one attached hydrogen (secondary N) is 3. The fourth-order valence-corrected chi connectivity index (χ4v) is 8.59. The average molecular weight is 721 g/mol. The summed E-state index contributed by atoms with van der Waals surface area (Å²) in [6.07, 6.45) is 10.5. The van der Waals surface area contributed by atoms with E-state index in [4.69, 9.17) is 9.97 Å². The van der Waals surface area contributed by atoms with Crippen LogP contribution in [0, 0.1) is 0 Å². The Morgan fingerprint density at radius 2 is 1.75 bits per heavy atom. The number of nitrogens with zero attached hydrogens (tertiary/aromatic N) is 7. The molecule has 1 unspecified atom stereocenters. The summed E-state index contributed by atoms with van der Waals surface area (Å²) in [5.74, 6) is 0.511. The fourth-order valence-electron chi connectivity index (χ4n) is 8.59. The van der Waals surface area contributed by atoms with Crippen LogP contribution in [-0.2, 0) is 28.2 Å². The Bertz CT molecular complexity index is 2080. The summed E-state index contributed by atoms with van der Waals surface area (Å²) in [4.78, 5) is 56.4. The molecule has 0 radical (unpaired) electrons. The lowest BCUT2D eigenvalue weighted by atomic mass is 9.88. The third kappa shape index (κ3) is 6.86. The van der Waals surface area contributed by atoms with Crippen molar-refractivity contribution in [3.63, 3.8) is 0 Å². The van der Waals surface area contributed by atoms with Crippen LogP contribution in [0.3, 0.4) is 0 Å². The number of imide groups is 1. The molecule has 8 rings (SSSR count). The average Bonchev–Trinajstić information content (AvgIpc) is 3.66. The molecule has 4 aromatic rings. The van der Waals surface area contributed by atoms with Crippen molar-refractivity contribution in [2.45, 2.75) is 95.0 Å². The highest BCUT2D eigenvalue weighted by molar-refractivity contribution is 6.00. The van der Waals surface area contributed by atoms with Gasteiger partial charge in [0.05, 0.1) is 18.3 Å². The van der Waals surface area contributed by atoms with Gasteiger partial charge in [0.25, 0.3) is 5.56 Å². The van der Waals surface area contributed by atoms with E-state index in [1.54, 1.807) is 21.6 Å². The lowest BCUT2D eigenvalue weighted by molar-refractivity contribution is -0.135. The Kier molecular flexibility index (Phi) is 9.60. The third-order valence-electron chi connectivity index (χ3n) is 11.7. The molecule has 14 heteroatoms. The van der Waals surface area contributed by atoms with Crippen molar-refractivity contribution >= 4 is 40.2 Å². The lowest BCUT2D eigenvalue weighted by Crippen LogP contribution is -2.55. The Morgan fingerprint density at radius 3 is 2.47 bits per heavy atom. The van der Waals surface area contributed by atoms with Crippen LogP contribution in [0.2, 0.25) is 0 Å². The van der Waals surface area contributed by atoms with Crippen LogP contribution in [0.4, 0.5) is 17.3 Å². The summed E-state index contributed by atoms with van der Waals surface area (Å²) in [7, 11) is 0. The Labute approximate surface area is 308 Å². The molecule has 2 aliphatic heterocycles. The van der Waals surface area contributed by atoms with Gasteiger partial charge < -0.3 is 20.6 Å².